The van der Waals surface area contributed by atoms with Crippen LogP contribution in [-0.4, -0.2) is 5.78 Å². The summed E-state index contributed by atoms with van der Waals surface area (Å²) < 4.78 is 12.9. The topological polar surface area (TPSA) is 17.1 Å². The maximum absolute atomic E-state index is 12.9. The number of hydrogen-bond acceptors (Lipinski definition) is 1. The number of ketones is 1. The minimum absolute atomic E-state index is 0.0698. The van der Waals surface area contributed by atoms with E-state index in [4.69, 9.17) is 0 Å². The van der Waals surface area contributed by atoms with Gasteiger partial charge in [-0.25, -0.2) is 4.39 Å². The number of benzene rings is 1. The van der Waals surface area contributed by atoms with Crippen LogP contribution in [0, 0.1) is 17.2 Å². The molecule has 2 unspecified atom stereocenters. The molecule has 2 atom stereocenters. The number of halogens is 1. The molecule has 0 saturated heterocycles. The largest absolute Gasteiger partial charge is 0.299 e. The van der Waals surface area contributed by atoms with E-state index in [1.165, 1.54) is 12.1 Å². The highest BCUT2D eigenvalue weighted by Gasteiger charge is 2.57. The molecule has 1 aliphatic rings. The van der Waals surface area contributed by atoms with Crippen LogP contribution in [-0.2, 0) is 4.79 Å². The molecule has 0 radical (unpaired) electrons. The Labute approximate surface area is 102 Å². The zero-order valence-corrected chi connectivity index (χ0v) is 10.7. The number of carbonyl (C=O) groups is 1. The molecule has 0 N–H and O–H groups in total. The van der Waals surface area contributed by atoms with E-state index in [0.29, 0.717) is 5.78 Å². The average Bonchev–Trinajstić information content (AvgIpc) is 2.36. The molecule has 0 amide bonds. The molecule has 1 aromatic carbocycles. The van der Waals surface area contributed by atoms with Crippen molar-refractivity contribution < 1.29 is 9.18 Å². The summed E-state index contributed by atoms with van der Waals surface area (Å²) in [6.07, 6.45) is 1.74. The van der Waals surface area contributed by atoms with Gasteiger partial charge < -0.3 is 0 Å². The molecule has 0 aromatic heterocycles. The van der Waals surface area contributed by atoms with Crippen molar-refractivity contribution in [2.24, 2.45) is 11.3 Å². The van der Waals surface area contributed by atoms with Gasteiger partial charge in [0.2, 0.25) is 0 Å². The van der Waals surface area contributed by atoms with E-state index in [9.17, 15) is 9.18 Å². The number of carbonyl (C=O) groups excluding carboxylic acids is 1. The fraction of sp³-hybridized carbons (Fsp3) is 0.533. The monoisotopic (exact) mass is 234 g/mol. The SMILES string of the molecule is CCC1(CC)C(=O)C(C)C1c1ccc(F)cc1. The Kier molecular flexibility index (Phi) is 3.07. The van der Waals surface area contributed by atoms with Crippen LogP contribution in [0.15, 0.2) is 24.3 Å². The summed E-state index contributed by atoms with van der Waals surface area (Å²) >= 11 is 0. The number of rotatable bonds is 3. The summed E-state index contributed by atoms with van der Waals surface area (Å²) in [5.74, 6) is 0.480. The first-order chi connectivity index (χ1) is 8.06. The second kappa shape index (κ2) is 4.25. The molecule has 0 spiro atoms. The third-order valence-corrected chi connectivity index (χ3v) is 4.49. The van der Waals surface area contributed by atoms with Crippen molar-refractivity contribution in [2.45, 2.75) is 39.5 Å². The van der Waals surface area contributed by atoms with Crippen molar-refractivity contribution in [2.75, 3.05) is 0 Å². The second-order valence-corrected chi connectivity index (χ2v) is 5.05. The predicted octanol–water partition coefficient (Wildman–Crippen LogP) is 3.93. The lowest BCUT2D eigenvalue weighted by molar-refractivity contribution is -0.150. The van der Waals surface area contributed by atoms with Gasteiger partial charge in [0, 0.05) is 17.3 Å². The van der Waals surface area contributed by atoms with Crippen LogP contribution < -0.4 is 0 Å². The van der Waals surface area contributed by atoms with Crippen LogP contribution in [0.2, 0.25) is 0 Å². The van der Waals surface area contributed by atoms with Crippen molar-refractivity contribution in [1.82, 2.24) is 0 Å². The molecule has 1 saturated carbocycles. The van der Waals surface area contributed by atoms with Gasteiger partial charge in [0.15, 0.2) is 0 Å². The molecular weight excluding hydrogens is 215 g/mol. The van der Waals surface area contributed by atoms with Crippen LogP contribution in [0.4, 0.5) is 4.39 Å². The van der Waals surface area contributed by atoms with E-state index < -0.39 is 0 Å². The Bertz CT molecular complexity index is 417. The van der Waals surface area contributed by atoms with Gasteiger partial charge in [0.1, 0.15) is 11.6 Å². The molecule has 2 heteroatoms. The molecule has 1 fully saturated rings. The Balaban J connectivity index is 2.37. The van der Waals surface area contributed by atoms with Crippen LogP contribution in [0.3, 0.4) is 0 Å². The lowest BCUT2D eigenvalue weighted by atomic mass is 9.49. The standard InChI is InChI=1S/C15H19FO/c1-4-15(5-2)13(10(3)14(15)17)11-6-8-12(16)9-7-11/h6-10,13H,4-5H2,1-3H3. The van der Waals surface area contributed by atoms with Gasteiger partial charge in [-0.1, -0.05) is 32.9 Å². The van der Waals surface area contributed by atoms with Gasteiger partial charge in [-0.3, -0.25) is 4.79 Å². The fourth-order valence-electron chi connectivity index (χ4n) is 3.46. The van der Waals surface area contributed by atoms with Gasteiger partial charge >= 0.3 is 0 Å². The molecule has 0 bridgehead atoms. The number of hydrogen-bond donors (Lipinski definition) is 0. The van der Waals surface area contributed by atoms with Gasteiger partial charge in [-0.2, -0.15) is 0 Å². The van der Waals surface area contributed by atoms with E-state index in [1.807, 2.05) is 19.1 Å². The van der Waals surface area contributed by atoms with Crippen molar-refractivity contribution in [3.63, 3.8) is 0 Å². The smallest absolute Gasteiger partial charge is 0.143 e. The minimum Gasteiger partial charge on any atom is -0.299 e. The summed E-state index contributed by atoms with van der Waals surface area (Å²) in [4.78, 5) is 12.1. The molecule has 2 rings (SSSR count). The fourth-order valence-corrected chi connectivity index (χ4v) is 3.46. The third kappa shape index (κ3) is 1.62. The summed E-state index contributed by atoms with van der Waals surface area (Å²) in [5, 5.41) is 0. The first-order valence-electron chi connectivity index (χ1n) is 6.36. The van der Waals surface area contributed by atoms with Crippen LogP contribution in [0.5, 0.6) is 0 Å². The first-order valence-corrected chi connectivity index (χ1v) is 6.36. The predicted molar refractivity (Wildman–Crippen MR) is 66.3 cm³/mol. The first kappa shape index (κ1) is 12.3. The Morgan fingerprint density at radius 2 is 1.71 bits per heavy atom. The second-order valence-electron chi connectivity index (χ2n) is 5.05. The van der Waals surface area contributed by atoms with Crippen LogP contribution in [0.25, 0.3) is 0 Å². The van der Waals surface area contributed by atoms with Gasteiger partial charge in [-0.05, 0) is 30.5 Å². The molecule has 92 valence electrons. The summed E-state index contributed by atoms with van der Waals surface area (Å²) in [7, 11) is 0. The van der Waals surface area contributed by atoms with E-state index in [-0.39, 0.29) is 23.1 Å². The molecular formula is C15H19FO. The summed E-state index contributed by atoms with van der Waals surface area (Å²) in [5.41, 5.74) is 0.888. The van der Waals surface area contributed by atoms with Crippen molar-refractivity contribution in [3.05, 3.63) is 35.6 Å². The van der Waals surface area contributed by atoms with Crippen molar-refractivity contribution in [3.8, 4) is 0 Å². The van der Waals surface area contributed by atoms with Gasteiger partial charge in [0.05, 0.1) is 0 Å². The maximum Gasteiger partial charge on any atom is 0.143 e. The lowest BCUT2D eigenvalue weighted by Gasteiger charge is -2.52. The van der Waals surface area contributed by atoms with Gasteiger partial charge in [-0.15, -0.1) is 0 Å². The van der Waals surface area contributed by atoms with Crippen LogP contribution in [0.1, 0.15) is 45.1 Å². The van der Waals surface area contributed by atoms with E-state index in [0.717, 1.165) is 18.4 Å². The molecule has 1 aromatic rings. The molecule has 0 aliphatic heterocycles. The number of Topliss-reactive ketones (excluding diaryl/α,β-unsaturated/α-hetero) is 1. The van der Waals surface area contributed by atoms with E-state index in [2.05, 4.69) is 13.8 Å². The van der Waals surface area contributed by atoms with Gasteiger partial charge in [0.25, 0.3) is 0 Å². The third-order valence-electron chi connectivity index (χ3n) is 4.49. The zero-order chi connectivity index (χ0) is 12.6. The van der Waals surface area contributed by atoms with Crippen molar-refractivity contribution >= 4 is 5.78 Å². The maximum atomic E-state index is 12.9. The Hall–Kier alpha value is -1.18. The molecule has 17 heavy (non-hydrogen) atoms. The Morgan fingerprint density at radius 1 is 1.18 bits per heavy atom. The highest BCUT2D eigenvalue weighted by atomic mass is 19.1. The molecule has 1 nitrogen and oxygen atoms in total. The molecule has 1 aliphatic carbocycles. The summed E-state index contributed by atoms with van der Waals surface area (Å²) in [6, 6.07) is 6.62. The highest BCUT2D eigenvalue weighted by Crippen LogP contribution is 2.57. The lowest BCUT2D eigenvalue weighted by Crippen LogP contribution is -2.54. The van der Waals surface area contributed by atoms with Crippen LogP contribution >= 0.6 is 0 Å². The van der Waals surface area contributed by atoms with E-state index >= 15 is 0 Å². The highest BCUT2D eigenvalue weighted by molar-refractivity contribution is 5.95. The minimum atomic E-state index is -0.217. The van der Waals surface area contributed by atoms with E-state index in [1.54, 1.807) is 0 Å². The average molecular weight is 234 g/mol. The molecule has 0 heterocycles. The zero-order valence-electron chi connectivity index (χ0n) is 10.7. The summed E-state index contributed by atoms with van der Waals surface area (Å²) in [6.45, 7) is 6.13. The normalized spacial score (nSPS) is 26.7. The van der Waals surface area contributed by atoms with Crippen molar-refractivity contribution in [1.29, 1.82) is 0 Å². The quantitative estimate of drug-likeness (QED) is 0.774. The Morgan fingerprint density at radius 3 is 2.18 bits per heavy atom.